The maximum absolute atomic E-state index is 12.9. The van der Waals surface area contributed by atoms with Gasteiger partial charge in [-0.2, -0.15) is 0 Å². The number of ether oxygens (including phenoxy) is 1. The standard InChI is InChI=1S/C25H37N5O2S/c1-19(23(31)26-20-5-7-22(8-6-20)30-13-15-32-16-14-30)29-11-9-28(10-12-29)17-21-18-33-24(27-21)25(2,3)4/h5-8,18-19H,9-17H2,1-4H3,(H,26,31). The first-order chi connectivity index (χ1) is 15.8. The minimum absolute atomic E-state index is 0.0527. The molecule has 4 rings (SSSR count). The Morgan fingerprint density at radius 2 is 1.76 bits per heavy atom. The summed E-state index contributed by atoms with van der Waals surface area (Å²) in [5, 5.41) is 6.47. The van der Waals surface area contributed by atoms with Crippen LogP contribution in [0.3, 0.4) is 0 Å². The van der Waals surface area contributed by atoms with E-state index in [4.69, 9.17) is 9.72 Å². The summed E-state index contributed by atoms with van der Waals surface area (Å²) in [6.45, 7) is 16.6. The van der Waals surface area contributed by atoms with Crippen molar-refractivity contribution in [3.8, 4) is 0 Å². The van der Waals surface area contributed by atoms with Crippen LogP contribution in [0, 0.1) is 0 Å². The van der Waals surface area contributed by atoms with E-state index < -0.39 is 0 Å². The number of benzene rings is 1. The second-order valence-corrected chi connectivity index (χ2v) is 10.9. The Morgan fingerprint density at radius 1 is 1.09 bits per heavy atom. The van der Waals surface area contributed by atoms with Crippen molar-refractivity contribution in [2.24, 2.45) is 0 Å². The lowest BCUT2D eigenvalue weighted by Crippen LogP contribution is -2.52. The molecule has 3 heterocycles. The number of nitrogens with zero attached hydrogens (tertiary/aromatic N) is 4. The van der Waals surface area contributed by atoms with Gasteiger partial charge in [0.2, 0.25) is 5.91 Å². The Morgan fingerprint density at radius 3 is 2.36 bits per heavy atom. The molecular formula is C25H37N5O2S. The highest BCUT2D eigenvalue weighted by Gasteiger charge is 2.26. The molecular weight excluding hydrogens is 434 g/mol. The molecule has 0 bridgehead atoms. The SMILES string of the molecule is CC(C(=O)Nc1ccc(N2CCOCC2)cc1)N1CCN(Cc2csc(C(C)(C)C)n2)CC1. The summed E-state index contributed by atoms with van der Waals surface area (Å²) in [7, 11) is 0. The molecule has 180 valence electrons. The van der Waals surface area contributed by atoms with Crippen molar-refractivity contribution >= 4 is 28.6 Å². The first-order valence-electron chi connectivity index (χ1n) is 11.9. The van der Waals surface area contributed by atoms with Gasteiger partial charge in [0.1, 0.15) is 0 Å². The number of nitrogens with one attached hydrogen (secondary N) is 1. The van der Waals surface area contributed by atoms with Gasteiger partial charge in [-0.1, -0.05) is 20.8 Å². The van der Waals surface area contributed by atoms with Crippen LogP contribution < -0.4 is 10.2 Å². The molecule has 0 spiro atoms. The van der Waals surface area contributed by atoms with Crippen LogP contribution in [0.1, 0.15) is 38.4 Å². The first-order valence-corrected chi connectivity index (χ1v) is 12.8. The molecule has 2 fully saturated rings. The third-order valence-electron chi connectivity index (χ3n) is 6.42. The predicted octanol–water partition coefficient (Wildman–Crippen LogP) is 3.42. The zero-order valence-corrected chi connectivity index (χ0v) is 21.2. The molecule has 1 aromatic carbocycles. The molecule has 33 heavy (non-hydrogen) atoms. The molecule has 1 amide bonds. The molecule has 1 unspecified atom stereocenters. The Balaban J connectivity index is 1.24. The van der Waals surface area contributed by atoms with E-state index in [9.17, 15) is 4.79 Å². The minimum Gasteiger partial charge on any atom is -0.378 e. The molecule has 0 saturated carbocycles. The summed E-state index contributed by atoms with van der Waals surface area (Å²) in [4.78, 5) is 24.7. The number of carbonyl (C=O) groups excluding carboxylic acids is 1. The molecule has 1 atom stereocenters. The normalized spacial score (nSPS) is 19.5. The monoisotopic (exact) mass is 471 g/mol. The largest absolute Gasteiger partial charge is 0.378 e. The first kappa shape index (κ1) is 24.1. The maximum atomic E-state index is 12.9. The van der Waals surface area contributed by atoms with E-state index in [0.29, 0.717) is 0 Å². The van der Waals surface area contributed by atoms with Crippen molar-refractivity contribution in [2.45, 2.75) is 45.7 Å². The van der Waals surface area contributed by atoms with E-state index in [0.717, 1.165) is 70.4 Å². The second-order valence-electron chi connectivity index (χ2n) is 10.0. The lowest BCUT2D eigenvalue weighted by molar-refractivity contribution is -0.121. The molecule has 2 saturated heterocycles. The van der Waals surface area contributed by atoms with Gasteiger partial charge in [0.15, 0.2) is 0 Å². The van der Waals surface area contributed by atoms with Gasteiger partial charge in [-0.15, -0.1) is 11.3 Å². The molecule has 0 radical (unpaired) electrons. The maximum Gasteiger partial charge on any atom is 0.241 e. The van der Waals surface area contributed by atoms with Crippen molar-refractivity contribution in [3.63, 3.8) is 0 Å². The minimum atomic E-state index is -0.155. The van der Waals surface area contributed by atoms with Crippen LogP contribution in [0.25, 0.3) is 0 Å². The van der Waals surface area contributed by atoms with E-state index in [1.54, 1.807) is 11.3 Å². The number of thiazole rings is 1. The van der Waals surface area contributed by atoms with E-state index in [-0.39, 0.29) is 17.4 Å². The van der Waals surface area contributed by atoms with Gasteiger partial charge in [0.25, 0.3) is 0 Å². The Bertz CT molecular complexity index is 910. The van der Waals surface area contributed by atoms with Crippen molar-refractivity contribution in [1.82, 2.24) is 14.8 Å². The highest BCUT2D eigenvalue weighted by molar-refractivity contribution is 7.09. The number of aromatic nitrogens is 1. The van der Waals surface area contributed by atoms with Crippen LogP contribution in [-0.4, -0.2) is 79.2 Å². The number of carbonyl (C=O) groups is 1. The summed E-state index contributed by atoms with van der Waals surface area (Å²) in [5.74, 6) is 0.0527. The second kappa shape index (κ2) is 10.5. The molecule has 1 aromatic heterocycles. The van der Waals surface area contributed by atoms with E-state index in [1.165, 1.54) is 10.7 Å². The smallest absolute Gasteiger partial charge is 0.241 e. The van der Waals surface area contributed by atoms with Crippen molar-refractivity contribution in [2.75, 3.05) is 62.7 Å². The lowest BCUT2D eigenvalue weighted by atomic mass is 9.98. The van der Waals surface area contributed by atoms with Gasteiger partial charge < -0.3 is 15.0 Å². The number of anilines is 2. The quantitative estimate of drug-likeness (QED) is 0.697. The van der Waals surface area contributed by atoms with Gasteiger partial charge in [0, 0.05) is 68.0 Å². The Kier molecular flexibility index (Phi) is 7.69. The van der Waals surface area contributed by atoms with Crippen molar-refractivity contribution in [3.05, 3.63) is 40.3 Å². The molecule has 1 N–H and O–H groups in total. The van der Waals surface area contributed by atoms with E-state index in [2.05, 4.69) is 58.3 Å². The number of amides is 1. The third kappa shape index (κ3) is 6.32. The van der Waals surface area contributed by atoms with Crippen LogP contribution >= 0.6 is 11.3 Å². The molecule has 8 heteroatoms. The van der Waals surface area contributed by atoms with Crippen LogP contribution in [0.2, 0.25) is 0 Å². The van der Waals surface area contributed by atoms with E-state index in [1.807, 2.05) is 19.1 Å². The highest BCUT2D eigenvalue weighted by atomic mass is 32.1. The summed E-state index contributed by atoms with van der Waals surface area (Å²) in [6, 6.07) is 7.99. The lowest BCUT2D eigenvalue weighted by Gasteiger charge is -2.37. The zero-order chi connectivity index (χ0) is 23.4. The number of hydrogen-bond acceptors (Lipinski definition) is 7. The Labute approximate surface area is 201 Å². The Hall–Kier alpha value is -2.00. The fourth-order valence-corrected chi connectivity index (χ4v) is 5.15. The molecule has 7 nitrogen and oxygen atoms in total. The number of rotatable bonds is 6. The fraction of sp³-hybridized carbons (Fsp3) is 0.600. The molecule has 2 aliphatic heterocycles. The highest BCUT2D eigenvalue weighted by Crippen LogP contribution is 2.26. The van der Waals surface area contributed by atoms with Gasteiger partial charge in [-0.3, -0.25) is 14.6 Å². The average Bonchev–Trinajstić information content (AvgIpc) is 3.29. The summed E-state index contributed by atoms with van der Waals surface area (Å²) < 4.78 is 5.42. The third-order valence-corrected chi connectivity index (χ3v) is 7.74. The average molecular weight is 472 g/mol. The zero-order valence-electron chi connectivity index (χ0n) is 20.3. The molecule has 2 aromatic rings. The number of piperazine rings is 1. The molecule has 2 aliphatic rings. The summed E-state index contributed by atoms with van der Waals surface area (Å²) >= 11 is 1.75. The number of morpholine rings is 1. The summed E-state index contributed by atoms with van der Waals surface area (Å²) in [6.07, 6.45) is 0. The number of hydrogen-bond donors (Lipinski definition) is 1. The van der Waals surface area contributed by atoms with Gasteiger partial charge in [-0.05, 0) is 31.2 Å². The van der Waals surface area contributed by atoms with Crippen LogP contribution in [0.4, 0.5) is 11.4 Å². The van der Waals surface area contributed by atoms with Crippen molar-refractivity contribution < 1.29 is 9.53 Å². The fourth-order valence-electron chi connectivity index (χ4n) is 4.25. The summed E-state index contributed by atoms with van der Waals surface area (Å²) in [5.41, 5.74) is 3.29. The van der Waals surface area contributed by atoms with E-state index >= 15 is 0 Å². The predicted molar refractivity (Wildman–Crippen MR) is 135 cm³/mol. The van der Waals surface area contributed by atoms with Gasteiger partial charge >= 0.3 is 0 Å². The van der Waals surface area contributed by atoms with Crippen molar-refractivity contribution in [1.29, 1.82) is 0 Å². The molecule has 0 aliphatic carbocycles. The van der Waals surface area contributed by atoms with Gasteiger partial charge in [-0.25, -0.2) is 4.98 Å². The van der Waals surface area contributed by atoms with Crippen LogP contribution in [0.15, 0.2) is 29.6 Å². The van der Waals surface area contributed by atoms with Crippen LogP contribution in [0.5, 0.6) is 0 Å². The van der Waals surface area contributed by atoms with Gasteiger partial charge in [0.05, 0.1) is 30.0 Å². The topological polar surface area (TPSA) is 60.9 Å². The van der Waals surface area contributed by atoms with Crippen LogP contribution in [-0.2, 0) is 21.5 Å².